The van der Waals surface area contributed by atoms with Crippen LogP contribution in [0.15, 0.2) is 29.4 Å². The first kappa shape index (κ1) is 17.9. The molecule has 0 N–H and O–H groups in total. The maximum absolute atomic E-state index is 5.67. The van der Waals surface area contributed by atoms with Crippen molar-refractivity contribution in [3.05, 3.63) is 35.7 Å². The number of imidazole rings is 1. The Labute approximate surface area is 170 Å². The van der Waals surface area contributed by atoms with Crippen LogP contribution in [0.5, 0.6) is 5.75 Å². The maximum Gasteiger partial charge on any atom is 0.166 e. The van der Waals surface area contributed by atoms with Crippen LogP contribution in [0.1, 0.15) is 36.9 Å². The fourth-order valence-corrected chi connectivity index (χ4v) is 4.61. The molecule has 2 saturated carbocycles. The molecule has 0 unspecified atom stereocenters. The molecule has 0 saturated heterocycles. The first-order valence-electron chi connectivity index (χ1n) is 9.97. The Morgan fingerprint density at radius 3 is 2.46 bits per heavy atom. The zero-order valence-corrected chi connectivity index (χ0v) is 17.7. The van der Waals surface area contributed by atoms with Crippen LogP contribution in [-0.4, -0.2) is 39.8 Å². The van der Waals surface area contributed by atoms with Gasteiger partial charge in [-0.15, -0.1) is 11.8 Å². The molecule has 2 aromatic heterocycles. The van der Waals surface area contributed by atoms with Crippen molar-refractivity contribution in [1.82, 2.24) is 14.4 Å². The Morgan fingerprint density at radius 1 is 1.14 bits per heavy atom. The molecule has 2 aliphatic carbocycles. The molecule has 28 heavy (non-hydrogen) atoms. The van der Waals surface area contributed by atoms with Gasteiger partial charge < -0.3 is 9.64 Å². The molecule has 0 bridgehead atoms. The average molecular weight is 395 g/mol. The summed E-state index contributed by atoms with van der Waals surface area (Å²) in [5.41, 5.74) is 5.10. The van der Waals surface area contributed by atoms with Crippen molar-refractivity contribution in [3.8, 4) is 17.0 Å². The van der Waals surface area contributed by atoms with Crippen molar-refractivity contribution in [1.29, 1.82) is 0 Å². The Hall–Kier alpha value is -2.21. The van der Waals surface area contributed by atoms with Crippen LogP contribution in [0.4, 0.5) is 5.82 Å². The second-order valence-corrected chi connectivity index (χ2v) is 8.72. The molecule has 2 heterocycles. The normalized spacial score (nSPS) is 16.6. The third-order valence-electron chi connectivity index (χ3n) is 5.70. The molecule has 2 aliphatic rings. The Bertz CT molecular complexity index is 1040. The lowest BCUT2D eigenvalue weighted by Gasteiger charge is -2.25. The highest BCUT2D eigenvalue weighted by Gasteiger charge is 2.42. The van der Waals surface area contributed by atoms with Crippen LogP contribution in [0.2, 0.25) is 0 Å². The van der Waals surface area contributed by atoms with E-state index in [0.717, 1.165) is 33.4 Å². The molecule has 3 aromatic rings. The molecular weight excluding hydrogens is 368 g/mol. The van der Waals surface area contributed by atoms with Gasteiger partial charge >= 0.3 is 0 Å². The molecule has 2 fully saturated rings. The van der Waals surface area contributed by atoms with Gasteiger partial charge in [-0.3, -0.25) is 9.38 Å². The van der Waals surface area contributed by atoms with Gasteiger partial charge in [-0.2, -0.15) is 0 Å². The lowest BCUT2D eigenvalue weighted by molar-refractivity contribution is 0.416. The third-order valence-corrected chi connectivity index (χ3v) is 6.36. The van der Waals surface area contributed by atoms with Crippen molar-refractivity contribution in [2.24, 2.45) is 0 Å². The average Bonchev–Trinajstić information content (AvgIpc) is 3.61. The van der Waals surface area contributed by atoms with Crippen molar-refractivity contribution in [3.63, 3.8) is 0 Å². The van der Waals surface area contributed by atoms with E-state index in [0.29, 0.717) is 12.1 Å². The number of nitrogens with zero attached hydrogens (tertiary/aromatic N) is 4. The summed E-state index contributed by atoms with van der Waals surface area (Å²) in [6.45, 7) is 4.20. The number of ether oxygens (including phenoxy) is 1. The molecule has 6 heteroatoms. The second-order valence-electron chi connectivity index (χ2n) is 7.93. The van der Waals surface area contributed by atoms with E-state index in [-0.39, 0.29) is 0 Å². The predicted molar refractivity (Wildman–Crippen MR) is 115 cm³/mol. The molecule has 0 amide bonds. The summed E-state index contributed by atoms with van der Waals surface area (Å²) in [6, 6.07) is 7.61. The minimum absolute atomic E-state index is 0.670. The first-order chi connectivity index (χ1) is 13.6. The molecule has 0 radical (unpaired) electrons. The Kier molecular flexibility index (Phi) is 4.27. The number of hydrogen-bond acceptors (Lipinski definition) is 5. The zero-order valence-electron chi connectivity index (χ0n) is 16.9. The lowest BCUT2D eigenvalue weighted by atomic mass is 10.1. The summed E-state index contributed by atoms with van der Waals surface area (Å²) in [5, 5.41) is 1.10. The van der Waals surface area contributed by atoms with Crippen LogP contribution in [0, 0.1) is 13.8 Å². The van der Waals surface area contributed by atoms with Gasteiger partial charge in [-0.05, 0) is 63.5 Å². The fraction of sp³-hybridized carbons (Fsp3) is 0.455. The van der Waals surface area contributed by atoms with Crippen LogP contribution < -0.4 is 9.64 Å². The van der Waals surface area contributed by atoms with E-state index in [1.165, 1.54) is 37.1 Å². The quantitative estimate of drug-likeness (QED) is 0.558. The van der Waals surface area contributed by atoms with E-state index in [9.17, 15) is 0 Å². The van der Waals surface area contributed by atoms with Crippen molar-refractivity contribution in [2.75, 3.05) is 18.3 Å². The number of methoxy groups -OCH3 is 1. The maximum atomic E-state index is 5.67. The zero-order chi connectivity index (χ0) is 19.4. The molecule has 5 nitrogen and oxygen atoms in total. The predicted octanol–water partition coefficient (Wildman–Crippen LogP) is 4.87. The first-order valence-corrected chi connectivity index (χ1v) is 11.2. The largest absolute Gasteiger partial charge is 0.496 e. The van der Waals surface area contributed by atoms with Crippen LogP contribution in [0.25, 0.3) is 16.9 Å². The summed E-state index contributed by atoms with van der Waals surface area (Å²) in [5.74, 6) is 2.11. The summed E-state index contributed by atoms with van der Waals surface area (Å²) < 4.78 is 8.00. The third kappa shape index (κ3) is 2.85. The number of thioether (sulfide) groups is 1. The van der Waals surface area contributed by atoms with Gasteiger partial charge in [0.1, 0.15) is 22.3 Å². The molecule has 146 valence electrons. The number of rotatable bonds is 6. The number of fused-ring (bicyclic) bond motifs is 1. The standard InChI is InChI=1S/C22H26N4OS/c1-13-5-10-17(18(11-13)27-3)19-20-24-21(28-4)22(25(20)14(2)12-23-19)26(15-6-7-15)16-8-9-16/h5,10-12,15-16H,6-9H2,1-4H3. The van der Waals surface area contributed by atoms with Gasteiger partial charge in [0.15, 0.2) is 5.65 Å². The summed E-state index contributed by atoms with van der Waals surface area (Å²) >= 11 is 1.73. The topological polar surface area (TPSA) is 42.7 Å². The van der Waals surface area contributed by atoms with E-state index in [2.05, 4.69) is 47.6 Å². The van der Waals surface area contributed by atoms with Crippen molar-refractivity contribution >= 4 is 23.2 Å². The Morgan fingerprint density at radius 2 is 1.86 bits per heavy atom. The van der Waals surface area contributed by atoms with Crippen molar-refractivity contribution in [2.45, 2.75) is 56.6 Å². The lowest BCUT2D eigenvalue weighted by Crippen LogP contribution is -2.30. The van der Waals surface area contributed by atoms with Gasteiger partial charge in [0.2, 0.25) is 0 Å². The van der Waals surface area contributed by atoms with E-state index in [1.54, 1.807) is 18.9 Å². The number of aromatic nitrogens is 3. The highest BCUT2D eigenvalue weighted by molar-refractivity contribution is 7.98. The summed E-state index contributed by atoms with van der Waals surface area (Å²) in [7, 11) is 1.72. The minimum atomic E-state index is 0.670. The summed E-state index contributed by atoms with van der Waals surface area (Å²) in [6.07, 6.45) is 9.26. The minimum Gasteiger partial charge on any atom is -0.496 e. The fourth-order valence-electron chi connectivity index (χ4n) is 4.05. The highest BCUT2D eigenvalue weighted by atomic mass is 32.2. The van der Waals surface area contributed by atoms with Crippen molar-refractivity contribution < 1.29 is 4.74 Å². The van der Waals surface area contributed by atoms with Gasteiger partial charge in [-0.25, -0.2) is 4.98 Å². The van der Waals surface area contributed by atoms with E-state index in [1.807, 2.05) is 6.20 Å². The van der Waals surface area contributed by atoms with Gasteiger partial charge in [0, 0.05) is 29.5 Å². The van der Waals surface area contributed by atoms with Gasteiger partial charge in [-0.1, -0.05) is 6.07 Å². The van der Waals surface area contributed by atoms with Gasteiger partial charge in [0.05, 0.1) is 7.11 Å². The molecule has 0 atom stereocenters. The van der Waals surface area contributed by atoms with E-state index < -0.39 is 0 Å². The van der Waals surface area contributed by atoms with E-state index >= 15 is 0 Å². The number of benzene rings is 1. The smallest absolute Gasteiger partial charge is 0.166 e. The second kappa shape index (κ2) is 6.69. The number of anilines is 1. The molecule has 5 rings (SSSR count). The van der Waals surface area contributed by atoms with Crippen LogP contribution in [-0.2, 0) is 0 Å². The van der Waals surface area contributed by atoms with E-state index in [4.69, 9.17) is 14.7 Å². The monoisotopic (exact) mass is 394 g/mol. The highest BCUT2D eigenvalue weighted by Crippen LogP contribution is 2.45. The molecule has 0 spiro atoms. The van der Waals surface area contributed by atoms with Crippen LogP contribution in [0.3, 0.4) is 0 Å². The molecule has 0 aliphatic heterocycles. The number of hydrogen-bond donors (Lipinski definition) is 0. The summed E-state index contributed by atoms with van der Waals surface area (Å²) in [4.78, 5) is 12.5. The number of aryl methyl sites for hydroxylation is 2. The molecule has 1 aromatic carbocycles. The molecular formula is C22H26N4OS. The van der Waals surface area contributed by atoms with Crippen LogP contribution >= 0.6 is 11.8 Å². The SMILES string of the molecule is COc1cc(C)ccc1-c1ncc(C)n2c(N(C3CC3)C3CC3)c(SC)nc12. The van der Waals surface area contributed by atoms with Gasteiger partial charge in [0.25, 0.3) is 0 Å². The Balaban J connectivity index is 1.77.